The highest BCUT2D eigenvalue weighted by Gasteiger charge is 2.26. The van der Waals surface area contributed by atoms with Crippen molar-refractivity contribution in [3.05, 3.63) is 35.2 Å². The summed E-state index contributed by atoms with van der Waals surface area (Å²) in [5, 5.41) is 0. The maximum Gasteiger partial charge on any atom is 0.257 e. The van der Waals surface area contributed by atoms with Gasteiger partial charge in [0, 0.05) is 13.0 Å². The molecule has 1 aliphatic carbocycles. The third-order valence-electron chi connectivity index (χ3n) is 4.11. The molecule has 1 aromatic rings. The second-order valence-electron chi connectivity index (χ2n) is 5.69. The molecule has 0 spiro atoms. The van der Waals surface area contributed by atoms with Gasteiger partial charge >= 0.3 is 0 Å². The summed E-state index contributed by atoms with van der Waals surface area (Å²) in [6, 6.07) is 7.09. The Morgan fingerprint density at radius 1 is 1.05 bits per heavy atom. The van der Waals surface area contributed by atoms with Crippen LogP contribution in [0.3, 0.4) is 0 Å². The number of nitrogens with one attached hydrogen (secondary N) is 1. The van der Waals surface area contributed by atoms with E-state index in [1.54, 1.807) is 29.2 Å². The van der Waals surface area contributed by atoms with Gasteiger partial charge in [0.05, 0.1) is 16.3 Å². The molecule has 6 heteroatoms. The van der Waals surface area contributed by atoms with Gasteiger partial charge in [-0.1, -0.05) is 18.2 Å². The number of hydrogen-bond donors (Lipinski definition) is 1. The molecule has 1 N–H and O–H groups in total. The number of para-hydroxylation sites is 2. The van der Waals surface area contributed by atoms with E-state index in [0.717, 1.165) is 25.7 Å². The van der Waals surface area contributed by atoms with E-state index in [1.165, 1.54) is 0 Å². The zero-order valence-corrected chi connectivity index (χ0v) is 13.2. The molecule has 1 heterocycles. The Morgan fingerprint density at radius 2 is 1.86 bits per heavy atom. The number of benzene rings is 1. The van der Waals surface area contributed by atoms with Crippen molar-refractivity contribution in [1.82, 2.24) is 0 Å². The van der Waals surface area contributed by atoms with Gasteiger partial charge in [0.1, 0.15) is 0 Å². The van der Waals surface area contributed by atoms with Crippen molar-refractivity contribution in [2.75, 3.05) is 16.2 Å². The van der Waals surface area contributed by atoms with Crippen LogP contribution >= 0.6 is 0 Å². The first-order valence-electron chi connectivity index (χ1n) is 7.69. The van der Waals surface area contributed by atoms with Crippen LogP contribution in [0.2, 0.25) is 0 Å². The molecule has 1 amide bonds. The molecule has 1 fully saturated rings. The lowest BCUT2D eigenvalue weighted by Gasteiger charge is -2.21. The quantitative estimate of drug-likeness (QED) is 0.927. The number of nitrogens with zero attached hydrogens (tertiary/aromatic N) is 1. The molecule has 2 aliphatic rings. The van der Waals surface area contributed by atoms with Gasteiger partial charge in [0.2, 0.25) is 5.91 Å². The van der Waals surface area contributed by atoms with Gasteiger partial charge < -0.3 is 4.90 Å². The van der Waals surface area contributed by atoms with E-state index in [4.69, 9.17) is 0 Å². The fourth-order valence-corrected chi connectivity index (χ4v) is 4.30. The number of anilines is 2. The number of carbonyl (C=O) groups excluding carboxylic acids is 1. The first-order chi connectivity index (χ1) is 10.6. The molecular weight excluding hydrogens is 300 g/mol. The second kappa shape index (κ2) is 6.12. The Bertz CT molecular complexity index is 710. The van der Waals surface area contributed by atoms with Gasteiger partial charge in [-0.3, -0.25) is 9.52 Å². The van der Waals surface area contributed by atoms with E-state index < -0.39 is 10.0 Å². The summed E-state index contributed by atoms with van der Waals surface area (Å²) < 4.78 is 27.7. The van der Waals surface area contributed by atoms with Gasteiger partial charge in [-0.25, -0.2) is 8.42 Å². The van der Waals surface area contributed by atoms with Crippen LogP contribution in [0.4, 0.5) is 11.4 Å². The minimum atomic E-state index is -3.53. The van der Waals surface area contributed by atoms with Crippen LogP contribution in [0.25, 0.3) is 0 Å². The molecule has 1 aromatic carbocycles. The van der Waals surface area contributed by atoms with E-state index in [1.807, 2.05) is 6.07 Å². The van der Waals surface area contributed by atoms with E-state index in [2.05, 4.69) is 4.72 Å². The van der Waals surface area contributed by atoms with Crippen LogP contribution in [0.15, 0.2) is 35.2 Å². The summed E-state index contributed by atoms with van der Waals surface area (Å²) in [5.74, 6) is 0.0449. The zero-order chi connectivity index (χ0) is 15.6. The van der Waals surface area contributed by atoms with Gasteiger partial charge in [-0.15, -0.1) is 0 Å². The van der Waals surface area contributed by atoms with E-state index in [9.17, 15) is 13.2 Å². The topological polar surface area (TPSA) is 66.5 Å². The van der Waals surface area contributed by atoms with Crippen molar-refractivity contribution < 1.29 is 13.2 Å². The molecule has 5 nitrogen and oxygen atoms in total. The van der Waals surface area contributed by atoms with Crippen molar-refractivity contribution in [3.63, 3.8) is 0 Å². The molecule has 0 unspecified atom stereocenters. The molecule has 0 atom stereocenters. The zero-order valence-electron chi connectivity index (χ0n) is 12.4. The fraction of sp³-hybridized carbons (Fsp3) is 0.438. The Kier molecular flexibility index (Phi) is 4.20. The molecule has 118 valence electrons. The standard InChI is InChI=1S/C16H20N2O3S/c19-16-11-6-12-18(16)15-10-5-4-9-14(15)17-22(20,21)13-7-2-1-3-8-13/h4-5,7,9-10,17H,1-3,6,8,11-12H2. The predicted molar refractivity (Wildman–Crippen MR) is 87.1 cm³/mol. The van der Waals surface area contributed by atoms with Crippen LogP contribution in [-0.4, -0.2) is 20.9 Å². The highest BCUT2D eigenvalue weighted by Crippen LogP contribution is 2.32. The summed E-state index contributed by atoms with van der Waals surface area (Å²) in [4.78, 5) is 14.1. The number of amides is 1. The molecule has 0 aromatic heterocycles. The van der Waals surface area contributed by atoms with Crippen LogP contribution in [0, 0.1) is 0 Å². The predicted octanol–water partition coefficient (Wildman–Crippen LogP) is 3.01. The van der Waals surface area contributed by atoms with Gasteiger partial charge in [0.25, 0.3) is 10.0 Å². The highest BCUT2D eigenvalue weighted by atomic mass is 32.2. The van der Waals surface area contributed by atoms with Crippen molar-refractivity contribution in [1.29, 1.82) is 0 Å². The molecule has 0 bridgehead atoms. The first-order valence-corrected chi connectivity index (χ1v) is 9.17. The Morgan fingerprint density at radius 3 is 2.55 bits per heavy atom. The minimum absolute atomic E-state index is 0.0449. The third kappa shape index (κ3) is 3.02. The van der Waals surface area contributed by atoms with Crippen LogP contribution in [-0.2, 0) is 14.8 Å². The number of carbonyl (C=O) groups is 1. The van der Waals surface area contributed by atoms with Gasteiger partial charge in [0.15, 0.2) is 0 Å². The lowest BCUT2D eigenvalue weighted by Crippen LogP contribution is -2.26. The fourth-order valence-electron chi connectivity index (χ4n) is 2.96. The average molecular weight is 320 g/mol. The number of allylic oxidation sites excluding steroid dienone is 2. The average Bonchev–Trinajstić information content (AvgIpc) is 2.94. The Labute approximate surface area is 131 Å². The summed E-state index contributed by atoms with van der Waals surface area (Å²) in [7, 11) is -3.53. The molecule has 0 saturated carbocycles. The van der Waals surface area contributed by atoms with Gasteiger partial charge in [-0.05, 0) is 44.2 Å². The van der Waals surface area contributed by atoms with Crippen molar-refractivity contribution in [2.24, 2.45) is 0 Å². The highest BCUT2D eigenvalue weighted by molar-refractivity contribution is 7.96. The smallest absolute Gasteiger partial charge is 0.257 e. The van der Waals surface area contributed by atoms with E-state index >= 15 is 0 Å². The number of sulfonamides is 1. The summed E-state index contributed by atoms with van der Waals surface area (Å²) in [6.07, 6.45) is 6.46. The maximum absolute atomic E-state index is 12.5. The van der Waals surface area contributed by atoms with E-state index in [-0.39, 0.29) is 5.91 Å². The van der Waals surface area contributed by atoms with Gasteiger partial charge in [-0.2, -0.15) is 0 Å². The van der Waals surface area contributed by atoms with Crippen molar-refractivity contribution in [2.45, 2.75) is 38.5 Å². The Hall–Kier alpha value is -1.82. The van der Waals surface area contributed by atoms with Crippen LogP contribution in [0.5, 0.6) is 0 Å². The summed E-state index contributed by atoms with van der Waals surface area (Å²) >= 11 is 0. The molecule has 1 saturated heterocycles. The largest absolute Gasteiger partial charge is 0.310 e. The lowest BCUT2D eigenvalue weighted by atomic mass is 10.1. The summed E-state index contributed by atoms with van der Waals surface area (Å²) in [6.45, 7) is 0.639. The molecule has 1 aliphatic heterocycles. The first kappa shape index (κ1) is 15.1. The monoisotopic (exact) mass is 320 g/mol. The second-order valence-corrected chi connectivity index (χ2v) is 7.42. The summed E-state index contributed by atoms with van der Waals surface area (Å²) in [5.41, 5.74) is 1.12. The molecular formula is C16H20N2O3S. The van der Waals surface area contributed by atoms with E-state index in [0.29, 0.717) is 35.7 Å². The van der Waals surface area contributed by atoms with Crippen molar-refractivity contribution in [3.8, 4) is 0 Å². The third-order valence-corrected chi connectivity index (χ3v) is 5.66. The number of hydrogen-bond acceptors (Lipinski definition) is 3. The molecule has 3 rings (SSSR count). The van der Waals surface area contributed by atoms with Crippen LogP contribution < -0.4 is 9.62 Å². The normalized spacial score (nSPS) is 19.2. The minimum Gasteiger partial charge on any atom is -0.310 e. The van der Waals surface area contributed by atoms with Crippen LogP contribution in [0.1, 0.15) is 38.5 Å². The lowest BCUT2D eigenvalue weighted by molar-refractivity contribution is -0.117. The van der Waals surface area contributed by atoms with Crippen molar-refractivity contribution >= 4 is 27.3 Å². The molecule has 0 radical (unpaired) electrons. The SMILES string of the molecule is O=C1CCCN1c1ccccc1NS(=O)(=O)C1=CCCCC1. The Balaban J connectivity index is 1.89. The molecule has 22 heavy (non-hydrogen) atoms. The number of rotatable bonds is 4. The maximum atomic E-state index is 12.5.